The number of nitrogens with zero attached hydrogens (tertiary/aromatic N) is 1. The van der Waals surface area contributed by atoms with Crippen LogP contribution in [0.1, 0.15) is 11.1 Å². The van der Waals surface area contributed by atoms with E-state index in [1.165, 1.54) is 0 Å². The van der Waals surface area contributed by atoms with Crippen molar-refractivity contribution in [3.63, 3.8) is 0 Å². The van der Waals surface area contributed by atoms with Crippen LogP contribution in [0, 0.1) is 0 Å². The monoisotopic (exact) mass is 353 g/mol. The summed E-state index contributed by atoms with van der Waals surface area (Å²) < 4.78 is 5.51. The van der Waals surface area contributed by atoms with Gasteiger partial charge in [0.15, 0.2) is 6.23 Å². The number of rotatable bonds is 5. The second kappa shape index (κ2) is 6.80. The van der Waals surface area contributed by atoms with Crippen LogP contribution >= 0.6 is 0 Å². The van der Waals surface area contributed by atoms with E-state index in [1.54, 1.807) is 12.3 Å². The van der Waals surface area contributed by atoms with Crippen molar-refractivity contribution >= 4 is 28.4 Å². The summed E-state index contributed by atoms with van der Waals surface area (Å²) in [6.45, 7) is -0.358. The predicted molar refractivity (Wildman–Crippen MR) is 98.6 cm³/mol. The molecule has 0 saturated carbocycles. The third-order valence-corrected chi connectivity index (χ3v) is 4.34. The number of fused-ring (bicyclic) bond motifs is 2. The van der Waals surface area contributed by atoms with E-state index in [1.807, 2.05) is 36.5 Å². The van der Waals surface area contributed by atoms with E-state index in [0.29, 0.717) is 5.75 Å². The molecule has 26 heavy (non-hydrogen) atoms. The van der Waals surface area contributed by atoms with Gasteiger partial charge in [0.1, 0.15) is 24.1 Å². The zero-order valence-corrected chi connectivity index (χ0v) is 13.9. The first kappa shape index (κ1) is 16.6. The number of hydrogen-bond donors (Lipinski definition) is 5. The van der Waals surface area contributed by atoms with E-state index >= 15 is 0 Å². The largest absolute Gasteiger partial charge is 0.491 e. The molecule has 3 heterocycles. The van der Waals surface area contributed by atoms with E-state index in [4.69, 9.17) is 9.84 Å². The van der Waals surface area contributed by atoms with Gasteiger partial charge in [-0.2, -0.15) is 0 Å². The normalized spacial score (nSPS) is 18.7. The van der Waals surface area contributed by atoms with Gasteiger partial charge in [0.05, 0.1) is 6.61 Å². The number of ether oxygens (including phenoxy) is 1. The summed E-state index contributed by atoms with van der Waals surface area (Å²) in [7, 11) is 0. The maximum absolute atomic E-state index is 10.4. The molecule has 0 saturated heterocycles. The van der Waals surface area contributed by atoms with Gasteiger partial charge in [0.2, 0.25) is 0 Å². The molecular formula is C19H19N3O4. The highest BCUT2D eigenvalue weighted by Gasteiger charge is 2.25. The molecule has 0 aliphatic carbocycles. The fourth-order valence-corrected chi connectivity index (χ4v) is 3.02. The minimum Gasteiger partial charge on any atom is -0.491 e. The highest BCUT2D eigenvalue weighted by atomic mass is 16.5. The molecule has 2 aromatic heterocycles. The number of nitrogens with one attached hydrogen (secondary N) is 2. The van der Waals surface area contributed by atoms with Gasteiger partial charge in [0, 0.05) is 40.2 Å². The fourth-order valence-electron chi connectivity index (χ4n) is 3.02. The molecule has 0 bridgehead atoms. The Bertz CT molecular complexity index is 966. The molecule has 5 N–H and O–H groups in total. The minimum atomic E-state index is -0.930. The quantitative estimate of drug-likeness (QED) is 0.476. The summed E-state index contributed by atoms with van der Waals surface area (Å²) in [5.41, 5.74) is 4.07. The SMILES string of the molecule is OCC(O)COc1ccc2c(c1)C(=Cc1c[nH]c3ncccc13)C(O)N2. The molecule has 2 unspecified atom stereocenters. The first-order valence-electron chi connectivity index (χ1n) is 8.30. The molecule has 1 aliphatic heterocycles. The second-order valence-corrected chi connectivity index (χ2v) is 6.14. The number of hydrogen-bond acceptors (Lipinski definition) is 6. The Balaban J connectivity index is 1.68. The summed E-state index contributed by atoms with van der Waals surface area (Å²) in [6.07, 6.45) is 3.73. The molecule has 0 radical (unpaired) electrons. The number of H-pyrrole nitrogens is 1. The molecule has 4 rings (SSSR count). The van der Waals surface area contributed by atoms with Crippen LogP contribution < -0.4 is 10.1 Å². The van der Waals surface area contributed by atoms with Crippen LogP contribution in [-0.2, 0) is 0 Å². The summed E-state index contributed by atoms with van der Waals surface area (Å²) >= 11 is 0. The van der Waals surface area contributed by atoms with Gasteiger partial charge in [-0.1, -0.05) is 0 Å². The van der Waals surface area contributed by atoms with E-state index in [-0.39, 0.29) is 13.2 Å². The van der Waals surface area contributed by atoms with Crippen molar-refractivity contribution in [2.45, 2.75) is 12.3 Å². The standard InChI is InChI=1S/C19H19N3O4/c23-9-12(24)10-26-13-3-4-17-15(7-13)16(19(25)22-17)6-11-8-21-18-14(11)2-1-5-20-18/h1-8,12,19,22-25H,9-10H2,(H,20,21). The van der Waals surface area contributed by atoms with Crippen LogP contribution in [0.2, 0.25) is 0 Å². The smallest absolute Gasteiger partial charge is 0.151 e. The van der Waals surface area contributed by atoms with Gasteiger partial charge >= 0.3 is 0 Å². The number of aliphatic hydroxyl groups excluding tert-OH is 3. The molecule has 1 aliphatic rings. The molecule has 1 aromatic carbocycles. The van der Waals surface area contributed by atoms with Crippen molar-refractivity contribution in [1.82, 2.24) is 9.97 Å². The van der Waals surface area contributed by atoms with Crippen molar-refractivity contribution in [2.24, 2.45) is 0 Å². The summed E-state index contributed by atoms with van der Waals surface area (Å²) in [6, 6.07) is 9.21. The number of aromatic amines is 1. The van der Waals surface area contributed by atoms with Gasteiger partial charge in [-0.25, -0.2) is 4.98 Å². The molecule has 134 valence electrons. The van der Waals surface area contributed by atoms with Crippen molar-refractivity contribution in [2.75, 3.05) is 18.5 Å². The maximum atomic E-state index is 10.4. The van der Waals surface area contributed by atoms with Crippen molar-refractivity contribution < 1.29 is 20.1 Å². The Hall–Kier alpha value is -2.87. The Morgan fingerprint density at radius 3 is 3.04 bits per heavy atom. The molecule has 0 amide bonds. The zero-order chi connectivity index (χ0) is 18.1. The van der Waals surface area contributed by atoms with Crippen LogP contribution in [0.4, 0.5) is 5.69 Å². The van der Waals surface area contributed by atoms with Crippen LogP contribution in [0.5, 0.6) is 5.75 Å². The molecule has 0 fully saturated rings. The molecule has 7 nitrogen and oxygen atoms in total. The van der Waals surface area contributed by atoms with Gasteiger partial charge in [-0.3, -0.25) is 0 Å². The topological polar surface area (TPSA) is 111 Å². The Kier molecular flexibility index (Phi) is 4.34. The van der Waals surface area contributed by atoms with Crippen LogP contribution in [-0.4, -0.2) is 50.8 Å². The zero-order valence-electron chi connectivity index (χ0n) is 13.9. The van der Waals surface area contributed by atoms with Gasteiger partial charge < -0.3 is 30.4 Å². The number of aromatic nitrogens is 2. The van der Waals surface area contributed by atoms with Crippen LogP contribution in [0.3, 0.4) is 0 Å². The first-order valence-corrected chi connectivity index (χ1v) is 8.30. The first-order chi connectivity index (χ1) is 12.7. The molecule has 2 atom stereocenters. The minimum absolute atomic E-state index is 0.00155. The van der Waals surface area contributed by atoms with E-state index in [2.05, 4.69) is 15.3 Å². The number of anilines is 1. The lowest BCUT2D eigenvalue weighted by atomic mass is 10.0. The highest BCUT2D eigenvalue weighted by Crippen LogP contribution is 2.38. The highest BCUT2D eigenvalue weighted by molar-refractivity contribution is 5.99. The van der Waals surface area contributed by atoms with Crippen LogP contribution in [0.25, 0.3) is 22.7 Å². The van der Waals surface area contributed by atoms with E-state index in [0.717, 1.165) is 33.4 Å². The lowest BCUT2D eigenvalue weighted by Crippen LogP contribution is -2.21. The van der Waals surface area contributed by atoms with Crippen molar-refractivity contribution in [1.29, 1.82) is 0 Å². The third kappa shape index (κ3) is 3.03. The lowest BCUT2D eigenvalue weighted by Gasteiger charge is -2.11. The summed E-state index contributed by atoms with van der Waals surface area (Å²) in [5.74, 6) is 0.554. The van der Waals surface area contributed by atoms with Gasteiger partial charge in [-0.15, -0.1) is 0 Å². The number of aliphatic hydroxyl groups is 3. The number of pyridine rings is 1. The van der Waals surface area contributed by atoms with Crippen molar-refractivity contribution in [3.8, 4) is 5.75 Å². The average Bonchev–Trinajstić information content (AvgIpc) is 3.21. The Morgan fingerprint density at radius 1 is 1.31 bits per heavy atom. The molecular weight excluding hydrogens is 334 g/mol. The third-order valence-electron chi connectivity index (χ3n) is 4.34. The molecule has 7 heteroatoms. The fraction of sp³-hybridized carbons (Fsp3) is 0.211. The molecule has 0 spiro atoms. The van der Waals surface area contributed by atoms with Crippen LogP contribution in [0.15, 0.2) is 42.7 Å². The van der Waals surface area contributed by atoms with E-state index < -0.39 is 12.3 Å². The van der Waals surface area contributed by atoms with E-state index in [9.17, 15) is 10.2 Å². The predicted octanol–water partition coefficient (Wildman–Crippen LogP) is 1.58. The van der Waals surface area contributed by atoms with Gasteiger partial charge in [-0.05, 0) is 36.4 Å². The summed E-state index contributed by atoms with van der Waals surface area (Å²) in [5, 5.41) is 32.7. The maximum Gasteiger partial charge on any atom is 0.151 e. The summed E-state index contributed by atoms with van der Waals surface area (Å²) in [4.78, 5) is 7.39. The number of benzene rings is 1. The van der Waals surface area contributed by atoms with Gasteiger partial charge in [0.25, 0.3) is 0 Å². The second-order valence-electron chi connectivity index (χ2n) is 6.14. The average molecular weight is 353 g/mol. The Morgan fingerprint density at radius 2 is 2.19 bits per heavy atom. The van der Waals surface area contributed by atoms with Crippen molar-refractivity contribution in [3.05, 3.63) is 53.9 Å². The molecule has 3 aromatic rings. The Labute approximate surface area is 149 Å². The lowest BCUT2D eigenvalue weighted by molar-refractivity contribution is 0.0536.